The zero-order chi connectivity index (χ0) is 33.2. The third kappa shape index (κ3) is 9.49. The van der Waals surface area contributed by atoms with Crippen molar-refractivity contribution in [1.82, 2.24) is 9.62 Å². The minimum Gasteiger partial charge on any atom is -0.497 e. The predicted molar refractivity (Wildman–Crippen MR) is 175 cm³/mol. The van der Waals surface area contributed by atoms with E-state index in [0.29, 0.717) is 31.1 Å². The number of nitrogens with zero attached hydrogens (tertiary/aromatic N) is 4. The zero-order valence-corrected chi connectivity index (χ0v) is 27.4. The molecule has 0 aliphatic rings. The van der Waals surface area contributed by atoms with Gasteiger partial charge >= 0.3 is 0 Å². The summed E-state index contributed by atoms with van der Waals surface area (Å²) in [6.07, 6.45) is 0. The fraction of sp³-hybridized carbons (Fsp3) is 0.194. The maximum atomic E-state index is 13.0. The van der Waals surface area contributed by atoms with Gasteiger partial charge in [0.1, 0.15) is 11.5 Å². The lowest BCUT2D eigenvalue weighted by Gasteiger charge is -2.23. The summed E-state index contributed by atoms with van der Waals surface area (Å²) < 4.78 is 65.5. The molecule has 12 nitrogen and oxygen atoms in total. The fourth-order valence-corrected chi connectivity index (χ4v) is 6.93. The Morgan fingerprint density at radius 2 is 1.37 bits per heavy atom. The lowest BCUT2D eigenvalue weighted by Crippen LogP contribution is -2.30. The molecule has 0 saturated heterocycles. The van der Waals surface area contributed by atoms with Gasteiger partial charge in [-0.1, -0.05) is 42.5 Å². The molecular weight excluding hydrogens is 651 g/mol. The normalized spacial score (nSPS) is 11.5. The summed E-state index contributed by atoms with van der Waals surface area (Å²) in [5.74, 6) is 0.613. The number of rotatable bonds is 15. The highest BCUT2D eigenvalue weighted by Gasteiger charge is 2.20. The highest BCUT2D eigenvalue weighted by molar-refractivity contribution is 7.99. The van der Waals surface area contributed by atoms with E-state index in [-0.39, 0.29) is 15.4 Å². The Morgan fingerprint density at radius 3 is 1.89 bits per heavy atom. The van der Waals surface area contributed by atoms with Gasteiger partial charge < -0.3 is 9.47 Å². The Bertz CT molecular complexity index is 1890. The summed E-state index contributed by atoms with van der Waals surface area (Å²) in [5, 5.41) is 0. The number of hydrogen-bond donors (Lipinski definition) is 1. The van der Waals surface area contributed by atoms with Gasteiger partial charge in [-0.15, -0.1) is 11.8 Å². The first-order valence-corrected chi connectivity index (χ1v) is 17.6. The molecule has 0 aliphatic heterocycles. The van der Waals surface area contributed by atoms with Crippen molar-refractivity contribution in [2.24, 2.45) is 4.52 Å². The lowest BCUT2D eigenvalue weighted by molar-refractivity contribution is 0.0980. The van der Waals surface area contributed by atoms with Crippen LogP contribution >= 0.6 is 11.8 Å². The number of thioether (sulfide) groups is 1. The molecule has 0 fully saturated rings. The summed E-state index contributed by atoms with van der Waals surface area (Å²) in [6.45, 7) is 1.60. The van der Waals surface area contributed by atoms with E-state index < -0.39 is 26.0 Å². The molecule has 15 heteroatoms. The van der Waals surface area contributed by atoms with Crippen LogP contribution in [0.5, 0.6) is 11.5 Å². The van der Waals surface area contributed by atoms with E-state index in [1.54, 1.807) is 42.1 Å². The number of carbonyl (C=O) groups excluding carboxylic acids is 1. The molecular formula is C31H31N5O7S3. The van der Waals surface area contributed by atoms with E-state index in [4.69, 9.17) is 15.0 Å². The second-order valence-corrected chi connectivity index (χ2v) is 14.3. The molecule has 0 saturated carbocycles. The number of carbonyl (C=O) groups is 1. The van der Waals surface area contributed by atoms with Gasteiger partial charge in [-0.3, -0.25) is 9.69 Å². The van der Waals surface area contributed by atoms with Gasteiger partial charge in [-0.25, -0.2) is 21.6 Å². The van der Waals surface area contributed by atoms with Crippen LogP contribution in [0, 0.1) is 0 Å². The molecule has 0 unspecified atom stereocenters. The first-order chi connectivity index (χ1) is 22.0. The predicted octanol–water partition coefficient (Wildman–Crippen LogP) is 5.62. The molecule has 240 valence electrons. The molecule has 46 heavy (non-hydrogen) atoms. The SMILES string of the molecule is COc1cc(OC)cc(C(=O)NS(=O)(=O)c2ccc(CN(CCSc3ccccc3)Cc3ccc(S(=O)(=O)N=[N+]=[N-])cc3)cc2)c1. The van der Waals surface area contributed by atoms with Crippen molar-refractivity contribution in [3.05, 3.63) is 124 Å². The smallest absolute Gasteiger partial charge is 0.265 e. The van der Waals surface area contributed by atoms with E-state index in [9.17, 15) is 21.6 Å². The fourth-order valence-electron chi connectivity index (χ4n) is 4.35. The molecule has 0 bridgehead atoms. The van der Waals surface area contributed by atoms with E-state index in [2.05, 4.69) is 19.1 Å². The number of benzene rings is 4. The van der Waals surface area contributed by atoms with Gasteiger partial charge in [0.25, 0.3) is 26.0 Å². The second kappa shape index (κ2) is 15.7. The first-order valence-electron chi connectivity index (χ1n) is 13.7. The Hall–Kier alpha value is -4.53. The maximum absolute atomic E-state index is 13.0. The van der Waals surface area contributed by atoms with E-state index in [0.717, 1.165) is 21.8 Å². The Kier molecular flexibility index (Phi) is 11.7. The molecule has 1 N–H and O–H groups in total. The third-order valence-electron chi connectivity index (χ3n) is 6.67. The molecule has 1 amide bonds. The number of methoxy groups -OCH3 is 2. The van der Waals surface area contributed by atoms with Crippen LogP contribution in [0.4, 0.5) is 0 Å². The maximum Gasteiger partial charge on any atom is 0.265 e. The number of hydrogen-bond acceptors (Lipinski definition) is 9. The average Bonchev–Trinajstić information content (AvgIpc) is 3.05. The van der Waals surface area contributed by atoms with Crippen molar-refractivity contribution in [3.63, 3.8) is 0 Å². The van der Waals surface area contributed by atoms with Crippen LogP contribution in [0.25, 0.3) is 10.4 Å². The van der Waals surface area contributed by atoms with Crippen LogP contribution in [0.2, 0.25) is 0 Å². The zero-order valence-electron chi connectivity index (χ0n) is 24.9. The Labute approximate surface area is 272 Å². The van der Waals surface area contributed by atoms with Gasteiger partial charge in [-0.05, 0) is 65.2 Å². The van der Waals surface area contributed by atoms with Crippen LogP contribution in [-0.4, -0.2) is 54.2 Å². The molecule has 0 aliphatic carbocycles. The van der Waals surface area contributed by atoms with Crippen molar-refractivity contribution < 1.29 is 31.1 Å². The van der Waals surface area contributed by atoms with Crippen molar-refractivity contribution in [2.45, 2.75) is 27.8 Å². The monoisotopic (exact) mass is 681 g/mol. The molecule has 0 heterocycles. The van der Waals surface area contributed by atoms with Gasteiger partial charge in [0.05, 0.1) is 24.0 Å². The summed E-state index contributed by atoms with van der Waals surface area (Å²) in [7, 11) is -5.42. The van der Waals surface area contributed by atoms with E-state index >= 15 is 0 Å². The summed E-state index contributed by atoms with van der Waals surface area (Å²) >= 11 is 1.69. The quantitative estimate of drug-likeness (QED) is 0.0725. The summed E-state index contributed by atoms with van der Waals surface area (Å²) in [6, 6.07) is 26.7. The summed E-state index contributed by atoms with van der Waals surface area (Å²) in [4.78, 5) is 18.3. The Morgan fingerprint density at radius 1 is 0.826 bits per heavy atom. The van der Waals surface area contributed by atoms with E-state index in [1.807, 2.05) is 30.3 Å². The van der Waals surface area contributed by atoms with Crippen LogP contribution < -0.4 is 14.2 Å². The topological polar surface area (TPSA) is 168 Å². The third-order valence-corrected chi connectivity index (χ3v) is 10.2. The number of sulfonamides is 2. The second-order valence-electron chi connectivity index (χ2n) is 9.84. The van der Waals surface area contributed by atoms with Crippen LogP contribution in [0.1, 0.15) is 21.5 Å². The van der Waals surface area contributed by atoms with Crippen molar-refractivity contribution in [2.75, 3.05) is 26.5 Å². The number of ether oxygens (including phenoxy) is 2. The van der Waals surface area contributed by atoms with Crippen LogP contribution in [0.15, 0.2) is 116 Å². The lowest BCUT2D eigenvalue weighted by atomic mass is 10.1. The van der Waals surface area contributed by atoms with Crippen molar-refractivity contribution in [1.29, 1.82) is 0 Å². The summed E-state index contributed by atoms with van der Waals surface area (Å²) in [5.41, 5.74) is 10.3. The molecule has 0 radical (unpaired) electrons. The minimum atomic E-state index is -4.18. The molecule has 0 spiro atoms. The largest absolute Gasteiger partial charge is 0.497 e. The van der Waals surface area contributed by atoms with Crippen molar-refractivity contribution >= 4 is 37.7 Å². The minimum absolute atomic E-state index is 0.0591. The molecule has 4 rings (SSSR count). The van der Waals surface area contributed by atoms with Gasteiger partial charge in [0, 0.05) is 51.3 Å². The van der Waals surface area contributed by atoms with Gasteiger partial charge in [0.15, 0.2) is 0 Å². The highest BCUT2D eigenvalue weighted by Crippen LogP contribution is 2.24. The molecule has 4 aromatic rings. The van der Waals surface area contributed by atoms with Crippen LogP contribution in [-0.2, 0) is 33.1 Å². The first kappa shape index (κ1) is 34.3. The number of nitrogens with one attached hydrogen (secondary N) is 1. The average molecular weight is 682 g/mol. The highest BCUT2D eigenvalue weighted by atomic mass is 32.2. The van der Waals surface area contributed by atoms with E-state index in [1.165, 1.54) is 50.6 Å². The molecule has 0 atom stereocenters. The number of amides is 1. The standard InChI is InChI=1S/C31H31N5O7S3/c1-42-26-18-25(19-27(20-26)43-2)31(37)33-45(38,39)29-12-8-23(9-13-29)21-36(16-17-44-28-6-4-3-5-7-28)22-24-10-14-30(15-11-24)46(40,41)35-34-32/h3-15,18-20H,16-17,21-22H2,1-2H3,(H,33,37). The Balaban J connectivity index is 1.48. The van der Waals surface area contributed by atoms with Gasteiger partial charge in [-0.2, -0.15) is 0 Å². The molecule has 4 aromatic carbocycles. The van der Waals surface area contributed by atoms with Gasteiger partial charge in [0.2, 0.25) is 0 Å². The molecule has 0 aromatic heterocycles. The van der Waals surface area contributed by atoms with Crippen molar-refractivity contribution in [3.8, 4) is 11.5 Å². The number of azide groups is 1. The van der Waals surface area contributed by atoms with Crippen LogP contribution in [0.3, 0.4) is 0 Å².